The largest absolute Gasteiger partial charge is 0.396 e. The van der Waals surface area contributed by atoms with Crippen molar-refractivity contribution >= 4 is 29.1 Å². The van der Waals surface area contributed by atoms with Crippen molar-refractivity contribution in [2.75, 3.05) is 13.2 Å². The Balaban J connectivity index is 1.92. The van der Waals surface area contributed by atoms with Crippen LogP contribution in [0, 0.1) is 5.92 Å². The number of halogens is 2. The highest BCUT2D eigenvalue weighted by atomic mass is 35.5. The Hall–Kier alpha value is -1.62. The van der Waals surface area contributed by atoms with E-state index in [0.29, 0.717) is 28.6 Å². The number of benzene rings is 1. The molecule has 0 aliphatic rings. The summed E-state index contributed by atoms with van der Waals surface area (Å²) in [7, 11) is 0. The summed E-state index contributed by atoms with van der Waals surface area (Å²) in [6.07, 6.45) is 2.30. The van der Waals surface area contributed by atoms with Crippen molar-refractivity contribution in [3.8, 4) is 0 Å². The highest BCUT2D eigenvalue weighted by Crippen LogP contribution is 2.22. The number of carbonyl (C=O) groups is 1. The van der Waals surface area contributed by atoms with Gasteiger partial charge in [0.05, 0.1) is 10.0 Å². The van der Waals surface area contributed by atoms with Gasteiger partial charge in [-0.2, -0.15) is 0 Å². The molecule has 1 aromatic heterocycles. The summed E-state index contributed by atoms with van der Waals surface area (Å²) in [5, 5.41) is 13.0. The van der Waals surface area contributed by atoms with E-state index >= 15 is 0 Å². The molecule has 1 heterocycles. The number of amides is 1. The van der Waals surface area contributed by atoms with E-state index in [9.17, 15) is 9.90 Å². The molecule has 2 rings (SSSR count). The number of carbonyl (C=O) groups excluding carboxylic acids is 1. The highest BCUT2D eigenvalue weighted by Gasteiger charge is 2.13. The molecular weight excluding hydrogens is 323 g/mol. The van der Waals surface area contributed by atoms with Crippen LogP contribution in [-0.4, -0.2) is 29.1 Å². The SMILES string of the molecule is O=C(NCC(CO)Cc1ccccn1)c1ccc(Cl)c(Cl)c1. The number of aliphatic hydroxyl groups is 1. The molecule has 0 spiro atoms. The Labute approximate surface area is 139 Å². The molecule has 116 valence electrons. The van der Waals surface area contributed by atoms with Crippen LogP contribution in [0.25, 0.3) is 0 Å². The lowest BCUT2D eigenvalue weighted by molar-refractivity contribution is 0.0940. The van der Waals surface area contributed by atoms with Gasteiger partial charge in [0, 0.05) is 36.5 Å². The monoisotopic (exact) mass is 338 g/mol. The summed E-state index contributed by atoms with van der Waals surface area (Å²) in [4.78, 5) is 16.3. The van der Waals surface area contributed by atoms with Gasteiger partial charge in [0.2, 0.25) is 0 Å². The topological polar surface area (TPSA) is 62.2 Å². The Bertz CT molecular complexity index is 635. The first-order valence-electron chi connectivity index (χ1n) is 6.84. The predicted molar refractivity (Wildman–Crippen MR) is 87.3 cm³/mol. The minimum Gasteiger partial charge on any atom is -0.396 e. The molecule has 0 aliphatic carbocycles. The van der Waals surface area contributed by atoms with Crippen molar-refractivity contribution in [1.29, 1.82) is 0 Å². The standard InChI is InChI=1S/C16H16Cl2N2O2/c17-14-5-4-12(8-15(14)18)16(22)20-9-11(10-21)7-13-3-1-2-6-19-13/h1-6,8,11,21H,7,9-10H2,(H,20,22). The van der Waals surface area contributed by atoms with Crippen molar-refractivity contribution in [1.82, 2.24) is 10.3 Å². The zero-order chi connectivity index (χ0) is 15.9. The van der Waals surface area contributed by atoms with Crippen LogP contribution >= 0.6 is 23.2 Å². The third kappa shape index (κ3) is 4.70. The quantitative estimate of drug-likeness (QED) is 0.851. The number of nitrogens with zero attached hydrogens (tertiary/aromatic N) is 1. The number of nitrogens with one attached hydrogen (secondary N) is 1. The second kappa shape index (κ2) is 8.13. The molecule has 0 fully saturated rings. The smallest absolute Gasteiger partial charge is 0.251 e. The zero-order valence-corrected chi connectivity index (χ0v) is 13.3. The Morgan fingerprint density at radius 3 is 2.68 bits per heavy atom. The zero-order valence-electron chi connectivity index (χ0n) is 11.8. The first-order chi connectivity index (χ1) is 10.6. The Morgan fingerprint density at radius 2 is 2.05 bits per heavy atom. The summed E-state index contributed by atoms with van der Waals surface area (Å²) in [6, 6.07) is 10.3. The lowest BCUT2D eigenvalue weighted by Gasteiger charge is -2.15. The summed E-state index contributed by atoms with van der Waals surface area (Å²) in [5.41, 5.74) is 1.31. The van der Waals surface area contributed by atoms with Crippen LogP contribution in [0.1, 0.15) is 16.1 Å². The maximum absolute atomic E-state index is 12.1. The summed E-state index contributed by atoms with van der Waals surface area (Å²) >= 11 is 11.7. The summed E-state index contributed by atoms with van der Waals surface area (Å²) < 4.78 is 0. The molecule has 22 heavy (non-hydrogen) atoms. The predicted octanol–water partition coefficient (Wildman–Crippen LogP) is 2.97. The van der Waals surface area contributed by atoms with Crippen molar-refractivity contribution in [2.45, 2.75) is 6.42 Å². The minimum absolute atomic E-state index is 0.0295. The summed E-state index contributed by atoms with van der Waals surface area (Å²) in [5.74, 6) is -0.348. The van der Waals surface area contributed by atoms with Crippen molar-refractivity contribution in [3.05, 3.63) is 63.9 Å². The minimum atomic E-state index is -0.252. The molecule has 1 atom stereocenters. The Morgan fingerprint density at radius 1 is 1.23 bits per heavy atom. The summed E-state index contributed by atoms with van der Waals surface area (Å²) in [6.45, 7) is 0.324. The van der Waals surface area contributed by atoms with Crippen LogP contribution in [0.4, 0.5) is 0 Å². The molecule has 1 amide bonds. The molecule has 6 heteroatoms. The van der Waals surface area contributed by atoms with Crippen LogP contribution in [0.2, 0.25) is 10.0 Å². The van der Waals surface area contributed by atoms with Gasteiger partial charge in [0.1, 0.15) is 0 Å². The molecule has 0 bridgehead atoms. The fourth-order valence-electron chi connectivity index (χ4n) is 1.99. The van der Waals surface area contributed by atoms with Crippen molar-refractivity contribution in [3.63, 3.8) is 0 Å². The second-order valence-electron chi connectivity index (χ2n) is 4.91. The van der Waals surface area contributed by atoms with E-state index in [2.05, 4.69) is 10.3 Å². The van der Waals surface area contributed by atoms with Gasteiger partial charge in [0.15, 0.2) is 0 Å². The number of aromatic nitrogens is 1. The highest BCUT2D eigenvalue weighted by molar-refractivity contribution is 6.42. The van der Waals surface area contributed by atoms with Crippen LogP contribution < -0.4 is 5.32 Å². The maximum Gasteiger partial charge on any atom is 0.251 e. The van der Waals surface area contributed by atoms with Crippen LogP contribution in [0.3, 0.4) is 0 Å². The molecule has 0 saturated heterocycles. The molecule has 4 nitrogen and oxygen atoms in total. The average molecular weight is 339 g/mol. The number of hydrogen-bond acceptors (Lipinski definition) is 3. The van der Waals surface area contributed by atoms with Gasteiger partial charge < -0.3 is 10.4 Å². The van der Waals surface area contributed by atoms with Crippen LogP contribution in [-0.2, 0) is 6.42 Å². The first kappa shape index (κ1) is 16.7. The van der Waals surface area contributed by atoms with E-state index in [1.165, 1.54) is 6.07 Å². The molecule has 2 aromatic rings. The van der Waals surface area contributed by atoms with Crippen molar-refractivity contribution in [2.24, 2.45) is 5.92 Å². The molecule has 0 radical (unpaired) electrons. The van der Waals surface area contributed by atoms with Gasteiger partial charge in [-0.15, -0.1) is 0 Å². The fourth-order valence-corrected chi connectivity index (χ4v) is 2.29. The fraction of sp³-hybridized carbons (Fsp3) is 0.250. The van der Waals surface area contributed by atoms with Gasteiger partial charge in [-0.3, -0.25) is 9.78 Å². The van der Waals surface area contributed by atoms with Crippen molar-refractivity contribution < 1.29 is 9.90 Å². The second-order valence-corrected chi connectivity index (χ2v) is 5.73. The van der Waals surface area contributed by atoms with E-state index < -0.39 is 0 Å². The van der Waals surface area contributed by atoms with Gasteiger partial charge in [0.25, 0.3) is 5.91 Å². The number of hydrogen-bond donors (Lipinski definition) is 2. The third-order valence-corrected chi connectivity index (χ3v) is 3.95. The number of rotatable bonds is 6. The van der Waals surface area contributed by atoms with E-state index in [0.717, 1.165) is 5.69 Å². The molecule has 1 unspecified atom stereocenters. The first-order valence-corrected chi connectivity index (χ1v) is 7.59. The normalized spacial score (nSPS) is 12.0. The number of aliphatic hydroxyl groups excluding tert-OH is 1. The molecule has 1 aromatic carbocycles. The van der Waals surface area contributed by atoms with Crippen LogP contribution in [0.15, 0.2) is 42.6 Å². The average Bonchev–Trinajstić information content (AvgIpc) is 2.54. The van der Waals surface area contributed by atoms with E-state index in [4.69, 9.17) is 23.2 Å². The number of pyridine rings is 1. The van der Waals surface area contributed by atoms with Gasteiger partial charge in [-0.1, -0.05) is 29.3 Å². The van der Waals surface area contributed by atoms with E-state index in [1.807, 2.05) is 18.2 Å². The Kier molecular flexibility index (Phi) is 6.19. The molecular formula is C16H16Cl2N2O2. The van der Waals surface area contributed by atoms with E-state index in [-0.39, 0.29) is 18.4 Å². The molecule has 0 saturated carbocycles. The van der Waals surface area contributed by atoms with Crippen LogP contribution in [0.5, 0.6) is 0 Å². The molecule has 0 aliphatic heterocycles. The molecule has 2 N–H and O–H groups in total. The van der Waals surface area contributed by atoms with Gasteiger partial charge in [-0.05, 0) is 36.8 Å². The van der Waals surface area contributed by atoms with Gasteiger partial charge >= 0.3 is 0 Å². The maximum atomic E-state index is 12.1. The lowest BCUT2D eigenvalue weighted by Crippen LogP contribution is -2.32. The lowest BCUT2D eigenvalue weighted by atomic mass is 10.0. The third-order valence-electron chi connectivity index (χ3n) is 3.22. The van der Waals surface area contributed by atoms with E-state index in [1.54, 1.807) is 18.3 Å². The van der Waals surface area contributed by atoms with Gasteiger partial charge in [-0.25, -0.2) is 0 Å².